The van der Waals surface area contributed by atoms with Gasteiger partial charge >= 0.3 is 17.9 Å². The molecule has 1 N–H and O–H groups in total. The highest BCUT2D eigenvalue weighted by Crippen LogP contribution is 1.97. The van der Waals surface area contributed by atoms with Gasteiger partial charge in [-0.25, -0.2) is 0 Å². The van der Waals surface area contributed by atoms with Gasteiger partial charge in [-0.1, -0.05) is 6.92 Å². The van der Waals surface area contributed by atoms with E-state index in [4.69, 9.17) is 9.84 Å². The summed E-state index contributed by atoms with van der Waals surface area (Å²) >= 11 is 0. The molecular weight excluding hydrogens is 216 g/mol. The second kappa shape index (κ2) is 8.70. The molecule has 0 aromatic carbocycles. The Morgan fingerprint density at radius 2 is 1.56 bits per heavy atom. The van der Waals surface area contributed by atoms with E-state index in [0.717, 1.165) is 0 Å². The molecule has 0 radical (unpaired) electrons. The van der Waals surface area contributed by atoms with Crippen LogP contribution in [-0.2, 0) is 23.9 Å². The molecule has 6 nitrogen and oxygen atoms in total. The number of carboxylic acid groups (broad SMARTS) is 1. The molecule has 0 aromatic heterocycles. The zero-order valence-corrected chi connectivity index (χ0v) is 9.23. The van der Waals surface area contributed by atoms with Crippen molar-refractivity contribution in [1.29, 1.82) is 0 Å². The van der Waals surface area contributed by atoms with Crippen molar-refractivity contribution in [2.45, 2.75) is 32.6 Å². The third-order valence-corrected chi connectivity index (χ3v) is 1.67. The Labute approximate surface area is 93.5 Å². The topological polar surface area (TPSA) is 89.9 Å². The standard InChI is InChI=1S/C10H16O6/c1-2-9(13)15-6-7-16-10(14)5-3-4-8(11)12/h2-7H2,1H3,(H,11,12). The largest absolute Gasteiger partial charge is 0.481 e. The van der Waals surface area contributed by atoms with Crippen molar-refractivity contribution in [3.8, 4) is 0 Å². The summed E-state index contributed by atoms with van der Waals surface area (Å²) < 4.78 is 9.38. The van der Waals surface area contributed by atoms with Crippen LogP contribution in [0.15, 0.2) is 0 Å². The highest BCUT2D eigenvalue weighted by atomic mass is 16.6. The number of esters is 2. The van der Waals surface area contributed by atoms with Crippen LogP contribution in [0.1, 0.15) is 32.6 Å². The second-order valence-electron chi connectivity index (χ2n) is 3.04. The minimum atomic E-state index is -0.940. The van der Waals surface area contributed by atoms with Gasteiger partial charge in [-0.15, -0.1) is 0 Å². The van der Waals surface area contributed by atoms with Crippen LogP contribution in [0.4, 0.5) is 0 Å². The molecule has 0 heterocycles. The zero-order valence-electron chi connectivity index (χ0n) is 9.23. The average Bonchev–Trinajstić information content (AvgIpc) is 2.23. The summed E-state index contributed by atoms with van der Waals surface area (Å²) in [6.07, 6.45) is 0.545. The Kier molecular flexibility index (Phi) is 7.83. The van der Waals surface area contributed by atoms with Gasteiger partial charge in [0.25, 0.3) is 0 Å². The lowest BCUT2D eigenvalue weighted by atomic mass is 10.2. The molecule has 6 heteroatoms. The summed E-state index contributed by atoms with van der Waals surface area (Å²) in [6, 6.07) is 0. The molecule has 0 saturated heterocycles. The van der Waals surface area contributed by atoms with Crippen molar-refractivity contribution in [3.05, 3.63) is 0 Å². The highest BCUT2D eigenvalue weighted by Gasteiger charge is 2.05. The van der Waals surface area contributed by atoms with Gasteiger partial charge in [0, 0.05) is 19.3 Å². The van der Waals surface area contributed by atoms with Crippen LogP contribution in [0.2, 0.25) is 0 Å². The van der Waals surface area contributed by atoms with Crippen molar-refractivity contribution in [2.24, 2.45) is 0 Å². The normalized spacial score (nSPS) is 9.56. The average molecular weight is 232 g/mol. The van der Waals surface area contributed by atoms with Crippen LogP contribution < -0.4 is 0 Å². The first kappa shape index (κ1) is 14.4. The van der Waals surface area contributed by atoms with Gasteiger partial charge in [-0.05, 0) is 6.42 Å². The quantitative estimate of drug-likeness (QED) is 0.490. The van der Waals surface area contributed by atoms with E-state index in [-0.39, 0.29) is 44.9 Å². The second-order valence-corrected chi connectivity index (χ2v) is 3.04. The van der Waals surface area contributed by atoms with Crippen molar-refractivity contribution in [3.63, 3.8) is 0 Å². The van der Waals surface area contributed by atoms with Crippen LogP contribution in [0, 0.1) is 0 Å². The number of ether oxygens (including phenoxy) is 2. The van der Waals surface area contributed by atoms with Crippen molar-refractivity contribution in [2.75, 3.05) is 13.2 Å². The van der Waals surface area contributed by atoms with Crippen LogP contribution in [-0.4, -0.2) is 36.2 Å². The smallest absolute Gasteiger partial charge is 0.305 e. The van der Waals surface area contributed by atoms with Gasteiger partial charge in [0.2, 0.25) is 0 Å². The zero-order chi connectivity index (χ0) is 12.4. The van der Waals surface area contributed by atoms with Gasteiger partial charge < -0.3 is 14.6 Å². The minimum Gasteiger partial charge on any atom is -0.481 e. The molecule has 0 aromatic rings. The first-order valence-electron chi connectivity index (χ1n) is 5.09. The fourth-order valence-electron chi connectivity index (χ4n) is 0.869. The molecule has 0 atom stereocenters. The Bertz CT molecular complexity index is 248. The SMILES string of the molecule is CCC(=O)OCCOC(=O)CCCC(=O)O. The summed E-state index contributed by atoms with van der Waals surface area (Å²) in [4.78, 5) is 31.8. The number of aliphatic carboxylic acids is 1. The predicted molar refractivity (Wildman–Crippen MR) is 53.7 cm³/mol. The maximum Gasteiger partial charge on any atom is 0.305 e. The van der Waals surface area contributed by atoms with Crippen LogP contribution in [0.5, 0.6) is 0 Å². The third-order valence-electron chi connectivity index (χ3n) is 1.67. The Morgan fingerprint density at radius 3 is 2.06 bits per heavy atom. The maximum absolute atomic E-state index is 11.0. The number of hydrogen-bond donors (Lipinski definition) is 1. The van der Waals surface area contributed by atoms with Gasteiger partial charge in [-0.2, -0.15) is 0 Å². The molecule has 0 saturated carbocycles. The van der Waals surface area contributed by atoms with Gasteiger partial charge in [0.05, 0.1) is 0 Å². The first-order chi connectivity index (χ1) is 7.56. The van der Waals surface area contributed by atoms with E-state index in [2.05, 4.69) is 4.74 Å². The fraction of sp³-hybridized carbons (Fsp3) is 0.700. The first-order valence-corrected chi connectivity index (χ1v) is 5.09. The van der Waals surface area contributed by atoms with E-state index in [9.17, 15) is 14.4 Å². The lowest BCUT2D eigenvalue weighted by Gasteiger charge is -2.04. The fourth-order valence-corrected chi connectivity index (χ4v) is 0.869. The van der Waals surface area contributed by atoms with Gasteiger partial charge in [0.15, 0.2) is 0 Å². The summed E-state index contributed by atoms with van der Waals surface area (Å²) in [6.45, 7) is 1.72. The number of carboxylic acids is 1. The van der Waals surface area contributed by atoms with Gasteiger partial charge in [0.1, 0.15) is 13.2 Å². The highest BCUT2D eigenvalue weighted by molar-refractivity contribution is 5.71. The number of carbonyl (C=O) groups excluding carboxylic acids is 2. The van der Waals surface area contributed by atoms with E-state index < -0.39 is 11.9 Å². The summed E-state index contributed by atoms with van der Waals surface area (Å²) in [5.41, 5.74) is 0. The van der Waals surface area contributed by atoms with Crippen LogP contribution in [0.3, 0.4) is 0 Å². The molecule has 92 valence electrons. The Balaban J connectivity index is 3.37. The maximum atomic E-state index is 11.0. The van der Waals surface area contributed by atoms with Crippen molar-refractivity contribution >= 4 is 17.9 Å². The molecule has 0 unspecified atom stereocenters. The monoisotopic (exact) mass is 232 g/mol. The van der Waals surface area contributed by atoms with E-state index >= 15 is 0 Å². The van der Waals surface area contributed by atoms with Gasteiger partial charge in [-0.3, -0.25) is 14.4 Å². The molecule has 0 fully saturated rings. The molecule has 0 amide bonds. The van der Waals surface area contributed by atoms with Crippen LogP contribution in [0.25, 0.3) is 0 Å². The molecule has 0 spiro atoms. The minimum absolute atomic E-state index is 0.0116. The molecule has 0 rings (SSSR count). The Morgan fingerprint density at radius 1 is 1.00 bits per heavy atom. The number of hydrogen-bond acceptors (Lipinski definition) is 5. The third kappa shape index (κ3) is 8.98. The van der Waals surface area contributed by atoms with E-state index in [1.807, 2.05) is 0 Å². The molecule has 0 aliphatic heterocycles. The van der Waals surface area contributed by atoms with Crippen LogP contribution >= 0.6 is 0 Å². The molecule has 16 heavy (non-hydrogen) atoms. The summed E-state index contributed by atoms with van der Waals surface area (Å²) in [5, 5.41) is 8.32. The van der Waals surface area contributed by atoms with E-state index in [0.29, 0.717) is 0 Å². The summed E-state index contributed by atoms with van der Waals surface area (Å²) in [5.74, 6) is -1.76. The van der Waals surface area contributed by atoms with E-state index in [1.54, 1.807) is 6.92 Å². The molecule has 0 bridgehead atoms. The molecule has 0 aliphatic carbocycles. The Hall–Kier alpha value is -1.59. The molecule has 0 aliphatic rings. The number of rotatable bonds is 8. The van der Waals surface area contributed by atoms with Crippen molar-refractivity contribution < 1.29 is 29.0 Å². The van der Waals surface area contributed by atoms with Crippen molar-refractivity contribution in [1.82, 2.24) is 0 Å². The lowest BCUT2D eigenvalue weighted by molar-refractivity contribution is -0.152. The number of carbonyl (C=O) groups is 3. The lowest BCUT2D eigenvalue weighted by Crippen LogP contribution is -2.13. The summed E-state index contributed by atoms with van der Waals surface area (Å²) in [7, 11) is 0. The van der Waals surface area contributed by atoms with E-state index in [1.165, 1.54) is 0 Å². The predicted octanol–water partition coefficient (Wildman–Crippen LogP) is 0.738. The molecular formula is C10H16O6.